The van der Waals surface area contributed by atoms with Crippen LogP contribution in [0.15, 0.2) is 18.2 Å². The Balaban J connectivity index is 2.27. The number of piperidine rings is 1. The standard InChI is InChI=1S/C12H17N3O2/c1-9-4-2-3-7-14(9)10-5-6-12(15(16)17)11(13)8-10/h5-6,8-9H,2-4,7,13H2,1H3. The topological polar surface area (TPSA) is 72.4 Å². The van der Waals surface area contributed by atoms with Crippen LogP contribution < -0.4 is 10.6 Å². The molecule has 1 aliphatic heterocycles. The van der Waals surface area contributed by atoms with E-state index in [2.05, 4.69) is 11.8 Å². The third-order valence-corrected chi connectivity index (χ3v) is 3.34. The molecule has 0 saturated carbocycles. The van der Waals surface area contributed by atoms with Gasteiger partial charge in [0.2, 0.25) is 0 Å². The maximum absolute atomic E-state index is 10.7. The lowest BCUT2D eigenvalue weighted by atomic mass is 10.0. The van der Waals surface area contributed by atoms with Gasteiger partial charge in [-0.05, 0) is 38.3 Å². The molecule has 0 spiro atoms. The van der Waals surface area contributed by atoms with Gasteiger partial charge in [-0.1, -0.05) is 0 Å². The van der Waals surface area contributed by atoms with Crippen LogP contribution in [0.5, 0.6) is 0 Å². The van der Waals surface area contributed by atoms with Crippen LogP contribution in [0.1, 0.15) is 26.2 Å². The molecule has 1 aliphatic rings. The van der Waals surface area contributed by atoms with Crippen molar-refractivity contribution in [2.75, 3.05) is 17.2 Å². The van der Waals surface area contributed by atoms with E-state index in [0.29, 0.717) is 6.04 Å². The number of hydrogen-bond acceptors (Lipinski definition) is 4. The Bertz CT molecular complexity index is 434. The van der Waals surface area contributed by atoms with E-state index < -0.39 is 4.92 Å². The predicted molar refractivity (Wildman–Crippen MR) is 68.2 cm³/mol. The van der Waals surface area contributed by atoms with Gasteiger partial charge in [-0.3, -0.25) is 10.1 Å². The Labute approximate surface area is 100 Å². The molecule has 1 aromatic rings. The molecule has 2 N–H and O–H groups in total. The van der Waals surface area contributed by atoms with Crippen molar-refractivity contribution in [3.63, 3.8) is 0 Å². The number of nitrogens with two attached hydrogens (primary N) is 1. The Kier molecular flexibility index (Phi) is 3.17. The molecule has 0 aromatic heterocycles. The lowest BCUT2D eigenvalue weighted by Gasteiger charge is -2.35. The fraction of sp³-hybridized carbons (Fsp3) is 0.500. The number of rotatable bonds is 2. The summed E-state index contributed by atoms with van der Waals surface area (Å²) in [7, 11) is 0. The highest BCUT2D eigenvalue weighted by Gasteiger charge is 2.20. The Morgan fingerprint density at radius 3 is 2.82 bits per heavy atom. The van der Waals surface area contributed by atoms with Crippen molar-refractivity contribution in [1.82, 2.24) is 0 Å². The van der Waals surface area contributed by atoms with Crippen LogP contribution in [-0.2, 0) is 0 Å². The van der Waals surface area contributed by atoms with Gasteiger partial charge in [-0.25, -0.2) is 0 Å². The van der Waals surface area contributed by atoms with Gasteiger partial charge < -0.3 is 10.6 Å². The van der Waals surface area contributed by atoms with Crippen LogP contribution in [0.25, 0.3) is 0 Å². The van der Waals surface area contributed by atoms with Gasteiger partial charge in [0.15, 0.2) is 0 Å². The van der Waals surface area contributed by atoms with E-state index in [1.165, 1.54) is 18.9 Å². The minimum absolute atomic E-state index is 0.0154. The number of nitro groups is 1. The van der Waals surface area contributed by atoms with E-state index in [1.807, 2.05) is 0 Å². The highest BCUT2D eigenvalue weighted by atomic mass is 16.6. The molecule has 1 fully saturated rings. The first kappa shape index (κ1) is 11.7. The van der Waals surface area contributed by atoms with Gasteiger partial charge >= 0.3 is 0 Å². The van der Waals surface area contributed by atoms with Crippen molar-refractivity contribution in [2.24, 2.45) is 0 Å². The first-order chi connectivity index (χ1) is 8.09. The van der Waals surface area contributed by atoms with E-state index in [1.54, 1.807) is 12.1 Å². The second-order valence-corrected chi connectivity index (χ2v) is 4.54. The van der Waals surface area contributed by atoms with Gasteiger partial charge in [0, 0.05) is 24.3 Å². The zero-order valence-corrected chi connectivity index (χ0v) is 9.93. The fourth-order valence-electron chi connectivity index (χ4n) is 2.37. The minimum atomic E-state index is -0.446. The molecule has 0 bridgehead atoms. The molecule has 1 aromatic carbocycles. The highest BCUT2D eigenvalue weighted by Crippen LogP contribution is 2.30. The minimum Gasteiger partial charge on any atom is -0.393 e. The Morgan fingerprint density at radius 2 is 2.24 bits per heavy atom. The largest absolute Gasteiger partial charge is 0.393 e. The molecule has 92 valence electrons. The first-order valence-electron chi connectivity index (χ1n) is 5.90. The molecule has 1 unspecified atom stereocenters. The molecular weight excluding hydrogens is 218 g/mol. The SMILES string of the molecule is CC1CCCCN1c1ccc([N+](=O)[O-])c(N)c1. The highest BCUT2D eigenvalue weighted by molar-refractivity contribution is 5.66. The number of hydrogen-bond donors (Lipinski definition) is 1. The van der Waals surface area contributed by atoms with Gasteiger partial charge in [0.05, 0.1) is 4.92 Å². The quantitative estimate of drug-likeness (QED) is 0.485. The predicted octanol–water partition coefficient (Wildman–Crippen LogP) is 2.56. The van der Waals surface area contributed by atoms with Gasteiger partial charge in [0.25, 0.3) is 5.69 Å². The van der Waals surface area contributed by atoms with E-state index in [0.717, 1.165) is 18.7 Å². The van der Waals surface area contributed by atoms with Crippen LogP contribution in [0.2, 0.25) is 0 Å². The molecule has 0 aliphatic carbocycles. The zero-order chi connectivity index (χ0) is 12.4. The molecule has 5 heteroatoms. The summed E-state index contributed by atoms with van der Waals surface area (Å²) < 4.78 is 0. The summed E-state index contributed by atoms with van der Waals surface area (Å²) in [5.74, 6) is 0. The van der Waals surface area contributed by atoms with Crippen molar-refractivity contribution in [3.8, 4) is 0 Å². The normalized spacial score (nSPS) is 20.3. The summed E-state index contributed by atoms with van der Waals surface area (Å²) in [5.41, 5.74) is 6.92. The van der Waals surface area contributed by atoms with Gasteiger partial charge in [-0.15, -0.1) is 0 Å². The van der Waals surface area contributed by atoms with Crippen molar-refractivity contribution in [1.29, 1.82) is 0 Å². The molecule has 1 atom stereocenters. The van der Waals surface area contributed by atoms with E-state index in [-0.39, 0.29) is 11.4 Å². The van der Waals surface area contributed by atoms with Crippen molar-refractivity contribution in [2.45, 2.75) is 32.2 Å². The number of anilines is 2. The average Bonchev–Trinajstić information content (AvgIpc) is 2.29. The van der Waals surface area contributed by atoms with Crippen LogP contribution in [0.3, 0.4) is 0 Å². The van der Waals surface area contributed by atoms with E-state index in [9.17, 15) is 10.1 Å². The summed E-state index contributed by atoms with van der Waals surface area (Å²) in [6.07, 6.45) is 3.58. The Hall–Kier alpha value is -1.78. The second kappa shape index (κ2) is 4.61. The maximum Gasteiger partial charge on any atom is 0.292 e. The lowest BCUT2D eigenvalue weighted by molar-refractivity contribution is -0.383. The molecule has 0 amide bonds. The van der Waals surface area contributed by atoms with Crippen molar-refractivity contribution >= 4 is 17.1 Å². The number of nitro benzene ring substituents is 1. The van der Waals surface area contributed by atoms with Gasteiger partial charge in [0.1, 0.15) is 5.69 Å². The monoisotopic (exact) mass is 235 g/mol. The zero-order valence-electron chi connectivity index (χ0n) is 9.93. The van der Waals surface area contributed by atoms with Crippen LogP contribution >= 0.6 is 0 Å². The van der Waals surface area contributed by atoms with Crippen LogP contribution in [0.4, 0.5) is 17.1 Å². The summed E-state index contributed by atoms with van der Waals surface area (Å²) in [5, 5.41) is 10.7. The molecule has 1 saturated heterocycles. The maximum atomic E-state index is 10.7. The lowest BCUT2D eigenvalue weighted by Crippen LogP contribution is -2.37. The van der Waals surface area contributed by atoms with Gasteiger partial charge in [-0.2, -0.15) is 0 Å². The third kappa shape index (κ3) is 2.33. The first-order valence-corrected chi connectivity index (χ1v) is 5.90. The fourth-order valence-corrected chi connectivity index (χ4v) is 2.37. The molecule has 17 heavy (non-hydrogen) atoms. The number of nitrogen functional groups attached to an aromatic ring is 1. The second-order valence-electron chi connectivity index (χ2n) is 4.54. The Morgan fingerprint density at radius 1 is 1.47 bits per heavy atom. The molecule has 2 rings (SSSR count). The molecular formula is C12H17N3O2. The molecule has 5 nitrogen and oxygen atoms in total. The molecule has 1 heterocycles. The van der Waals surface area contributed by atoms with E-state index >= 15 is 0 Å². The van der Waals surface area contributed by atoms with Crippen molar-refractivity contribution < 1.29 is 4.92 Å². The molecule has 0 radical (unpaired) electrons. The smallest absolute Gasteiger partial charge is 0.292 e. The third-order valence-electron chi connectivity index (χ3n) is 3.34. The summed E-state index contributed by atoms with van der Waals surface area (Å²) in [4.78, 5) is 12.5. The number of nitrogens with zero attached hydrogens (tertiary/aromatic N) is 2. The van der Waals surface area contributed by atoms with Crippen LogP contribution in [0, 0.1) is 10.1 Å². The summed E-state index contributed by atoms with van der Waals surface area (Å²) >= 11 is 0. The summed E-state index contributed by atoms with van der Waals surface area (Å²) in [6, 6.07) is 5.46. The average molecular weight is 235 g/mol. The van der Waals surface area contributed by atoms with E-state index in [4.69, 9.17) is 5.73 Å². The number of benzene rings is 1. The van der Waals surface area contributed by atoms with Crippen molar-refractivity contribution in [3.05, 3.63) is 28.3 Å². The van der Waals surface area contributed by atoms with Crippen LogP contribution in [-0.4, -0.2) is 17.5 Å². The summed E-state index contributed by atoms with van der Waals surface area (Å²) in [6.45, 7) is 3.18.